The van der Waals surface area contributed by atoms with E-state index in [1.54, 1.807) is 25.1 Å². The topological polar surface area (TPSA) is 88.8 Å². The van der Waals surface area contributed by atoms with Crippen LogP contribution in [0.15, 0.2) is 57.7 Å². The van der Waals surface area contributed by atoms with Crippen LogP contribution in [0, 0.1) is 6.92 Å². The van der Waals surface area contributed by atoms with Crippen molar-refractivity contribution in [3.05, 3.63) is 75.6 Å². The Morgan fingerprint density at radius 1 is 1.21 bits per heavy atom. The van der Waals surface area contributed by atoms with Crippen LogP contribution in [0.1, 0.15) is 29.7 Å². The van der Waals surface area contributed by atoms with Crippen LogP contribution in [0.3, 0.4) is 0 Å². The molecule has 1 atom stereocenters. The third kappa shape index (κ3) is 4.40. The summed E-state index contributed by atoms with van der Waals surface area (Å²) < 4.78 is 10.9. The van der Waals surface area contributed by atoms with Crippen molar-refractivity contribution in [1.82, 2.24) is 5.32 Å². The zero-order chi connectivity index (χ0) is 20.1. The van der Waals surface area contributed by atoms with Gasteiger partial charge in [0.25, 0.3) is 5.91 Å². The van der Waals surface area contributed by atoms with E-state index < -0.39 is 11.7 Å². The maximum Gasteiger partial charge on any atom is 0.336 e. The van der Waals surface area contributed by atoms with Gasteiger partial charge in [0, 0.05) is 23.6 Å². The average molecular weight is 381 g/mol. The van der Waals surface area contributed by atoms with Crippen molar-refractivity contribution in [2.45, 2.75) is 26.4 Å². The number of fused-ring (bicyclic) bond motifs is 1. The van der Waals surface area contributed by atoms with Crippen LogP contribution < -0.4 is 15.7 Å². The van der Waals surface area contributed by atoms with Crippen molar-refractivity contribution in [1.29, 1.82) is 0 Å². The lowest BCUT2D eigenvalue weighted by atomic mass is 10.0. The summed E-state index contributed by atoms with van der Waals surface area (Å²) in [6.45, 7) is 3.66. The van der Waals surface area contributed by atoms with Crippen molar-refractivity contribution in [3.8, 4) is 5.75 Å². The molecule has 0 aliphatic heterocycles. The molecule has 3 aromatic rings. The number of nitrogens with one attached hydrogen (secondary N) is 1. The predicted octanol–water partition coefficient (Wildman–Crippen LogP) is 2.89. The molecule has 0 aliphatic carbocycles. The largest absolute Gasteiger partial charge is 0.483 e. The van der Waals surface area contributed by atoms with E-state index in [4.69, 9.17) is 9.15 Å². The van der Waals surface area contributed by atoms with Crippen LogP contribution in [-0.4, -0.2) is 24.2 Å². The molecule has 3 rings (SSSR count). The number of amides is 1. The molecule has 6 heteroatoms. The van der Waals surface area contributed by atoms with E-state index in [0.29, 0.717) is 23.3 Å². The monoisotopic (exact) mass is 381 g/mol. The van der Waals surface area contributed by atoms with E-state index in [2.05, 4.69) is 5.32 Å². The summed E-state index contributed by atoms with van der Waals surface area (Å²) in [5.41, 5.74) is 2.38. The lowest BCUT2D eigenvalue weighted by Crippen LogP contribution is -2.32. The Labute approximate surface area is 162 Å². The van der Waals surface area contributed by atoms with Gasteiger partial charge in [0.15, 0.2) is 6.61 Å². The van der Waals surface area contributed by atoms with Gasteiger partial charge in [-0.2, -0.15) is 0 Å². The quantitative estimate of drug-likeness (QED) is 0.615. The van der Waals surface area contributed by atoms with Gasteiger partial charge < -0.3 is 19.6 Å². The maximum absolute atomic E-state index is 12.1. The third-order valence-electron chi connectivity index (χ3n) is 4.61. The third-order valence-corrected chi connectivity index (χ3v) is 4.61. The molecular weight excluding hydrogens is 358 g/mol. The number of rotatable bonds is 7. The van der Waals surface area contributed by atoms with Gasteiger partial charge in [0.05, 0.1) is 6.10 Å². The van der Waals surface area contributed by atoms with E-state index in [1.165, 1.54) is 6.07 Å². The van der Waals surface area contributed by atoms with Crippen molar-refractivity contribution in [3.63, 3.8) is 0 Å². The molecule has 28 heavy (non-hydrogen) atoms. The fourth-order valence-corrected chi connectivity index (χ4v) is 3.05. The highest BCUT2D eigenvalue weighted by Crippen LogP contribution is 2.28. The van der Waals surface area contributed by atoms with Crippen LogP contribution in [0.2, 0.25) is 0 Å². The fraction of sp³-hybridized carbons (Fsp3) is 0.273. The second-order valence-electron chi connectivity index (χ2n) is 6.53. The number of ether oxygens (including phenoxy) is 1. The van der Waals surface area contributed by atoms with Gasteiger partial charge in [-0.05, 0) is 36.6 Å². The van der Waals surface area contributed by atoms with Crippen molar-refractivity contribution in [2.24, 2.45) is 0 Å². The molecule has 0 fully saturated rings. The zero-order valence-corrected chi connectivity index (χ0v) is 15.9. The summed E-state index contributed by atoms with van der Waals surface area (Å²) >= 11 is 0. The maximum atomic E-state index is 12.1. The Hall–Kier alpha value is -3.12. The van der Waals surface area contributed by atoms with Gasteiger partial charge in [0.1, 0.15) is 11.3 Å². The molecule has 0 radical (unpaired) electrons. The standard InChI is InChI=1S/C22H23NO5/c1-3-15-11-21(26)28-22-14(2)19(10-9-17(15)22)27-13-20(25)23-12-18(24)16-7-5-4-6-8-16/h4-11,18,24H,3,12-13H2,1-2H3,(H,23,25). The highest BCUT2D eigenvalue weighted by atomic mass is 16.5. The predicted molar refractivity (Wildman–Crippen MR) is 107 cm³/mol. The molecule has 2 N–H and O–H groups in total. The van der Waals surface area contributed by atoms with Gasteiger partial charge in [0.2, 0.25) is 0 Å². The van der Waals surface area contributed by atoms with E-state index in [9.17, 15) is 14.7 Å². The van der Waals surface area contributed by atoms with Crippen molar-refractivity contribution < 1.29 is 19.1 Å². The summed E-state index contributed by atoms with van der Waals surface area (Å²) in [6.07, 6.45) is -0.0669. The molecule has 1 unspecified atom stereocenters. The van der Waals surface area contributed by atoms with Gasteiger partial charge in [-0.25, -0.2) is 4.79 Å². The van der Waals surface area contributed by atoms with Crippen LogP contribution in [0.4, 0.5) is 0 Å². The number of aryl methyl sites for hydroxylation is 2. The molecule has 146 valence electrons. The highest BCUT2D eigenvalue weighted by Gasteiger charge is 2.13. The van der Waals surface area contributed by atoms with E-state index >= 15 is 0 Å². The van der Waals surface area contributed by atoms with Gasteiger partial charge in [-0.3, -0.25) is 4.79 Å². The van der Waals surface area contributed by atoms with Crippen LogP contribution in [-0.2, 0) is 11.2 Å². The Bertz CT molecular complexity index is 1030. The normalized spacial score (nSPS) is 12.0. The number of aliphatic hydroxyl groups is 1. The first-order valence-electron chi connectivity index (χ1n) is 9.18. The Kier molecular flexibility index (Phi) is 6.11. The lowest BCUT2D eigenvalue weighted by molar-refractivity contribution is -0.123. The molecule has 0 spiro atoms. The fourth-order valence-electron chi connectivity index (χ4n) is 3.05. The van der Waals surface area contributed by atoms with E-state index in [-0.39, 0.29) is 19.1 Å². The smallest absolute Gasteiger partial charge is 0.336 e. The van der Waals surface area contributed by atoms with Crippen molar-refractivity contribution in [2.75, 3.05) is 13.2 Å². The summed E-state index contributed by atoms with van der Waals surface area (Å²) in [5.74, 6) is 0.126. The van der Waals surface area contributed by atoms with E-state index in [0.717, 1.165) is 16.5 Å². The van der Waals surface area contributed by atoms with Crippen LogP contribution in [0.5, 0.6) is 5.75 Å². The first kappa shape index (κ1) is 19.6. The zero-order valence-electron chi connectivity index (χ0n) is 15.9. The Morgan fingerprint density at radius 2 is 1.96 bits per heavy atom. The average Bonchev–Trinajstić information content (AvgIpc) is 2.72. The second-order valence-corrected chi connectivity index (χ2v) is 6.53. The number of aliphatic hydroxyl groups excluding tert-OH is 1. The summed E-state index contributed by atoms with van der Waals surface area (Å²) in [6, 6.07) is 14.2. The SMILES string of the molecule is CCc1cc(=O)oc2c(C)c(OCC(=O)NCC(O)c3ccccc3)ccc12. The number of carbonyl (C=O) groups is 1. The molecule has 1 aromatic heterocycles. The van der Waals surface area contributed by atoms with Gasteiger partial charge in [-0.15, -0.1) is 0 Å². The van der Waals surface area contributed by atoms with Crippen molar-refractivity contribution >= 4 is 16.9 Å². The molecule has 1 amide bonds. The number of hydrogen-bond donors (Lipinski definition) is 2. The number of hydrogen-bond acceptors (Lipinski definition) is 5. The van der Waals surface area contributed by atoms with Gasteiger partial charge >= 0.3 is 5.63 Å². The Balaban J connectivity index is 1.64. The molecule has 6 nitrogen and oxygen atoms in total. The second kappa shape index (κ2) is 8.71. The molecule has 0 saturated heterocycles. The summed E-state index contributed by atoms with van der Waals surface area (Å²) in [7, 11) is 0. The summed E-state index contributed by atoms with van der Waals surface area (Å²) in [5, 5.41) is 13.6. The minimum absolute atomic E-state index is 0.0949. The lowest BCUT2D eigenvalue weighted by Gasteiger charge is -2.14. The van der Waals surface area contributed by atoms with Gasteiger partial charge in [-0.1, -0.05) is 37.3 Å². The van der Waals surface area contributed by atoms with Crippen LogP contribution >= 0.6 is 0 Å². The molecule has 1 heterocycles. The molecule has 0 aliphatic rings. The molecule has 0 saturated carbocycles. The number of carbonyl (C=O) groups excluding carboxylic acids is 1. The Morgan fingerprint density at radius 3 is 2.68 bits per heavy atom. The number of benzene rings is 2. The first-order chi connectivity index (χ1) is 13.5. The molecular formula is C22H23NO5. The highest BCUT2D eigenvalue weighted by molar-refractivity contribution is 5.85. The first-order valence-corrected chi connectivity index (χ1v) is 9.18. The summed E-state index contributed by atoms with van der Waals surface area (Å²) in [4.78, 5) is 23.8. The molecule has 2 aromatic carbocycles. The van der Waals surface area contributed by atoms with E-state index in [1.807, 2.05) is 31.2 Å². The minimum Gasteiger partial charge on any atom is -0.483 e. The van der Waals surface area contributed by atoms with Crippen LogP contribution in [0.25, 0.3) is 11.0 Å². The molecule has 0 bridgehead atoms. The minimum atomic E-state index is -0.783.